The Kier molecular flexibility index (Phi) is 5.58. The lowest BCUT2D eigenvalue weighted by atomic mass is 9.80. The number of nitrogens with one attached hydrogen (secondary N) is 1. The van der Waals surface area contributed by atoms with Gasteiger partial charge in [0.25, 0.3) is 0 Å². The van der Waals surface area contributed by atoms with Crippen LogP contribution in [0.15, 0.2) is 0 Å². The van der Waals surface area contributed by atoms with Crippen molar-refractivity contribution in [2.24, 2.45) is 11.8 Å². The van der Waals surface area contributed by atoms with Crippen LogP contribution in [-0.2, 0) is 9.47 Å². The van der Waals surface area contributed by atoms with Gasteiger partial charge in [-0.25, -0.2) is 0 Å². The molecule has 3 unspecified atom stereocenters. The summed E-state index contributed by atoms with van der Waals surface area (Å²) in [6, 6.07) is 0.626. The fraction of sp³-hybridized carbons (Fsp3) is 1.00. The minimum Gasteiger partial charge on any atom is -0.355 e. The van der Waals surface area contributed by atoms with Gasteiger partial charge in [0.05, 0.1) is 0 Å². The van der Waals surface area contributed by atoms with E-state index in [1.165, 1.54) is 19.3 Å². The molecule has 1 saturated carbocycles. The zero-order chi connectivity index (χ0) is 11.3. The molecule has 0 heterocycles. The van der Waals surface area contributed by atoms with E-state index >= 15 is 0 Å². The molecule has 3 atom stereocenters. The topological polar surface area (TPSA) is 30.5 Å². The number of methoxy groups -OCH3 is 2. The van der Waals surface area contributed by atoms with Gasteiger partial charge in [0, 0.05) is 26.8 Å². The van der Waals surface area contributed by atoms with Crippen molar-refractivity contribution in [1.82, 2.24) is 5.32 Å². The van der Waals surface area contributed by atoms with Gasteiger partial charge in [-0.2, -0.15) is 0 Å². The van der Waals surface area contributed by atoms with E-state index in [0.717, 1.165) is 18.4 Å². The molecule has 3 heteroatoms. The van der Waals surface area contributed by atoms with Crippen LogP contribution < -0.4 is 5.32 Å². The predicted octanol–water partition coefficient (Wildman–Crippen LogP) is 2.02. The first-order valence-corrected chi connectivity index (χ1v) is 5.96. The molecule has 0 aliphatic heterocycles. The molecule has 0 bridgehead atoms. The molecule has 0 radical (unpaired) electrons. The van der Waals surface area contributed by atoms with E-state index in [1.807, 2.05) is 0 Å². The molecule has 0 aromatic rings. The van der Waals surface area contributed by atoms with Gasteiger partial charge in [-0.1, -0.05) is 20.3 Å². The summed E-state index contributed by atoms with van der Waals surface area (Å²) in [7, 11) is 3.37. The SMILES string of the molecule is COC(CNC1CC(C)CCC1C)OC. The van der Waals surface area contributed by atoms with Gasteiger partial charge < -0.3 is 14.8 Å². The number of hydrogen-bond donors (Lipinski definition) is 1. The van der Waals surface area contributed by atoms with Crippen LogP contribution in [0.4, 0.5) is 0 Å². The molecule has 1 rings (SSSR count). The van der Waals surface area contributed by atoms with Crippen molar-refractivity contribution in [2.75, 3.05) is 20.8 Å². The third kappa shape index (κ3) is 4.09. The van der Waals surface area contributed by atoms with Crippen molar-refractivity contribution in [3.8, 4) is 0 Å². The average Bonchev–Trinajstić information content (AvgIpc) is 2.24. The fourth-order valence-electron chi connectivity index (χ4n) is 2.33. The van der Waals surface area contributed by atoms with Gasteiger partial charge in [0.15, 0.2) is 6.29 Å². The average molecular weight is 215 g/mol. The molecular formula is C12H25NO2. The van der Waals surface area contributed by atoms with Crippen LogP contribution in [0.1, 0.15) is 33.1 Å². The summed E-state index contributed by atoms with van der Waals surface area (Å²) in [4.78, 5) is 0. The maximum absolute atomic E-state index is 5.17. The molecule has 0 amide bonds. The van der Waals surface area contributed by atoms with Crippen molar-refractivity contribution in [3.63, 3.8) is 0 Å². The fourth-order valence-corrected chi connectivity index (χ4v) is 2.33. The summed E-state index contributed by atoms with van der Waals surface area (Å²) in [5.41, 5.74) is 0. The molecule has 90 valence electrons. The maximum atomic E-state index is 5.17. The van der Waals surface area contributed by atoms with Gasteiger partial charge >= 0.3 is 0 Å². The minimum atomic E-state index is -0.116. The van der Waals surface area contributed by atoms with Gasteiger partial charge in [-0.05, 0) is 24.7 Å². The van der Waals surface area contributed by atoms with E-state index in [1.54, 1.807) is 14.2 Å². The Balaban J connectivity index is 2.29. The number of hydrogen-bond acceptors (Lipinski definition) is 3. The molecule has 1 fully saturated rings. The summed E-state index contributed by atoms with van der Waals surface area (Å²) in [6.07, 6.45) is 3.87. The second kappa shape index (κ2) is 6.46. The van der Waals surface area contributed by atoms with Gasteiger partial charge in [0.1, 0.15) is 0 Å². The van der Waals surface area contributed by atoms with Crippen LogP contribution in [0.5, 0.6) is 0 Å². The first-order valence-electron chi connectivity index (χ1n) is 5.96. The van der Waals surface area contributed by atoms with Crippen LogP contribution >= 0.6 is 0 Å². The third-order valence-corrected chi connectivity index (χ3v) is 3.53. The molecule has 3 nitrogen and oxygen atoms in total. The Morgan fingerprint density at radius 3 is 2.47 bits per heavy atom. The minimum absolute atomic E-state index is 0.116. The monoisotopic (exact) mass is 215 g/mol. The Labute approximate surface area is 93.5 Å². The van der Waals surface area contributed by atoms with Crippen LogP contribution in [0.2, 0.25) is 0 Å². The molecule has 15 heavy (non-hydrogen) atoms. The van der Waals surface area contributed by atoms with Crippen LogP contribution in [0.3, 0.4) is 0 Å². The van der Waals surface area contributed by atoms with Gasteiger partial charge in [-0.3, -0.25) is 0 Å². The summed E-state index contributed by atoms with van der Waals surface area (Å²) < 4.78 is 10.3. The summed E-state index contributed by atoms with van der Waals surface area (Å²) in [6.45, 7) is 5.46. The lowest BCUT2D eigenvalue weighted by Gasteiger charge is -2.34. The second-order valence-electron chi connectivity index (χ2n) is 4.81. The van der Waals surface area contributed by atoms with E-state index in [2.05, 4.69) is 19.2 Å². The van der Waals surface area contributed by atoms with Crippen LogP contribution in [0, 0.1) is 11.8 Å². The first-order chi connectivity index (χ1) is 7.17. The second-order valence-corrected chi connectivity index (χ2v) is 4.81. The highest BCUT2D eigenvalue weighted by Crippen LogP contribution is 2.28. The van der Waals surface area contributed by atoms with E-state index in [-0.39, 0.29) is 6.29 Å². The molecule has 1 aliphatic carbocycles. The molecule has 0 aromatic heterocycles. The highest BCUT2D eigenvalue weighted by Gasteiger charge is 2.25. The first kappa shape index (κ1) is 12.9. The Morgan fingerprint density at radius 1 is 1.20 bits per heavy atom. The lowest BCUT2D eigenvalue weighted by Crippen LogP contribution is -2.43. The molecule has 1 aliphatic rings. The highest BCUT2D eigenvalue weighted by atomic mass is 16.7. The van der Waals surface area contributed by atoms with E-state index in [9.17, 15) is 0 Å². The van der Waals surface area contributed by atoms with Crippen molar-refractivity contribution in [2.45, 2.75) is 45.4 Å². The maximum Gasteiger partial charge on any atom is 0.169 e. The van der Waals surface area contributed by atoms with Gasteiger partial charge in [0.2, 0.25) is 0 Å². The number of ether oxygens (including phenoxy) is 2. The van der Waals surface area contributed by atoms with Crippen LogP contribution in [0.25, 0.3) is 0 Å². The zero-order valence-electron chi connectivity index (χ0n) is 10.5. The van der Waals surface area contributed by atoms with E-state index < -0.39 is 0 Å². The van der Waals surface area contributed by atoms with Crippen molar-refractivity contribution in [1.29, 1.82) is 0 Å². The third-order valence-electron chi connectivity index (χ3n) is 3.53. The Hall–Kier alpha value is -0.120. The van der Waals surface area contributed by atoms with E-state index in [4.69, 9.17) is 9.47 Å². The van der Waals surface area contributed by atoms with Crippen molar-refractivity contribution in [3.05, 3.63) is 0 Å². The molecular weight excluding hydrogens is 190 g/mol. The number of rotatable bonds is 5. The van der Waals surface area contributed by atoms with E-state index in [0.29, 0.717) is 6.04 Å². The van der Waals surface area contributed by atoms with Crippen LogP contribution in [-0.4, -0.2) is 33.1 Å². The summed E-state index contributed by atoms with van der Waals surface area (Å²) in [5.74, 6) is 1.62. The Morgan fingerprint density at radius 2 is 1.87 bits per heavy atom. The molecule has 0 saturated heterocycles. The quantitative estimate of drug-likeness (QED) is 0.712. The predicted molar refractivity (Wildman–Crippen MR) is 61.8 cm³/mol. The largest absolute Gasteiger partial charge is 0.355 e. The molecule has 0 spiro atoms. The van der Waals surface area contributed by atoms with Crippen molar-refractivity contribution < 1.29 is 9.47 Å². The Bertz CT molecular complexity index is 171. The van der Waals surface area contributed by atoms with Gasteiger partial charge in [-0.15, -0.1) is 0 Å². The zero-order valence-corrected chi connectivity index (χ0v) is 10.5. The molecule has 0 aromatic carbocycles. The van der Waals surface area contributed by atoms with Crippen molar-refractivity contribution >= 4 is 0 Å². The summed E-state index contributed by atoms with van der Waals surface area (Å²) >= 11 is 0. The normalized spacial score (nSPS) is 32.2. The molecule has 1 N–H and O–H groups in total. The standard InChI is InChI=1S/C12H25NO2/c1-9-5-6-10(2)11(7-9)13-8-12(14-3)15-4/h9-13H,5-8H2,1-4H3. The highest BCUT2D eigenvalue weighted by molar-refractivity contribution is 4.81. The summed E-state index contributed by atoms with van der Waals surface area (Å²) in [5, 5.41) is 3.55. The smallest absolute Gasteiger partial charge is 0.169 e. The lowest BCUT2D eigenvalue weighted by molar-refractivity contribution is -0.101.